The van der Waals surface area contributed by atoms with E-state index in [0.717, 1.165) is 25.7 Å². The average Bonchev–Trinajstić information content (AvgIpc) is 2.69. The summed E-state index contributed by atoms with van der Waals surface area (Å²) in [6.07, 6.45) is 4.13. The van der Waals surface area contributed by atoms with Crippen LogP contribution in [0.1, 0.15) is 22.6 Å². The highest BCUT2D eigenvalue weighted by molar-refractivity contribution is 9.15. The molecule has 0 saturated heterocycles. The molecule has 3 aromatic rings. The molecule has 0 aliphatic rings. The molecule has 1 atom stereocenters. The number of hydrogen-bond acceptors (Lipinski definition) is 0. The lowest BCUT2D eigenvalue weighted by Crippen LogP contribution is -1.93. The van der Waals surface area contributed by atoms with Gasteiger partial charge in [0.05, 0.1) is 0 Å². The molecule has 0 N–H and O–H groups in total. The third-order valence-electron chi connectivity index (χ3n) is 4.08. The van der Waals surface area contributed by atoms with Crippen molar-refractivity contribution in [2.45, 2.75) is 5.92 Å². The van der Waals surface area contributed by atoms with Crippen LogP contribution in [0.2, 0.25) is 0 Å². The van der Waals surface area contributed by atoms with Crippen molar-refractivity contribution in [3.8, 4) is 0 Å². The molecule has 27 heavy (non-hydrogen) atoms. The summed E-state index contributed by atoms with van der Waals surface area (Å²) < 4.78 is 28.1. The molecule has 3 rings (SSSR count). The molecule has 0 aromatic heterocycles. The van der Waals surface area contributed by atoms with Gasteiger partial charge in [0.1, 0.15) is 11.6 Å². The maximum absolute atomic E-state index is 13.2. The van der Waals surface area contributed by atoms with Gasteiger partial charge in [-0.25, -0.2) is 8.78 Å². The molecule has 0 aliphatic carbocycles. The monoisotopic (exact) mass is 488 g/mol. The van der Waals surface area contributed by atoms with Gasteiger partial charge in [-0.1, -0.05) is 98.6 Å². The predicted octanol–water partition coefficient (Wildman–Crippen LogP) is 7.92. The van der Waals surface area contributed by atoms with E-state index in [-0.39, 0.29) is 17.6 Å². The smallest absolute Gasteiger partial charge is 0.123 e. The summed E-state index contributed by atoms with van der Waals surface area (Å²) in [5.74, 6) is -0.569. The summed E-state index contributed by atoms with van der Waals surface area (Å²) in [5.41, 5.74) is 2.89. The standard InChI is InChI=1S/C23H16Br2F2/c24-22(17-6-10-20(26)11-7-17)14-19(16-4-2-1-3-5-16)15-23(25)18-8-12-21(27)13-9-18/h1-15,19H/b22-14-,23-15+. The highest BCUT2D eigenvalue weighted by Gasteiger charge is 2.10. The molecule has 3 aromatic carbocycles. The summed E-state index contributed by atoms with van der Waals surface area (Å²) in [6.45, 7) is 0. The average molecular weight is 490 g/mol. The first-order chi connectivity index (χ1) is 13.0. The van der Waals surface area contributed by atoms with Crippen LogP contribution in [0.3, 0.4) is 0 Å². The summed E-state index contributed by atoms with van der Waals surface area (Å²) in [4.78, 5) is 0. The van der Waals surface area contributed by atoms with Gasteiger partial charge in [-0.2, -0.15) is 0 Å². The van der Waals surface area contributed by atoms with Gasteiger partial charge in [-0.3, -0.25) is 0 Å². The van der Waals surface area contributed by atoms with Crippen molar-refractivity contribution in [2.24, 2.45) is 0 Å². The molecule has 1 unspecified atom stereocenters. The molecule has 0 saturated carbocycles. The fraction of sp³-hybridized carbons (Fsp3) is 0.0435. The van der Waals surface area contributed by atoms with Gasteiger partial charge >= 0.3 is 0 Å². The van der Waals surface area contributed by atoms with E-state index in [2.05, 4.69) is 44.0 Å². The van der Waals surface area contributed by atoms with Gasteiger partial charge in [0.25, 0.3) is 0 Å². The molecular formula is C23H16Br2F2. The second-order valence-electron chi connectivity index (χ2n) is 5.98. The largest absolute Gasteiger partial charge is 0.207 e. The van der Waals surface area contributed by atoms with Gasteiger partial charge in [-0.15, -0.1) is 0 Å². The lowest BCUT2D eigenvalue weighted by molar-refractivity contribution is 0.627. The number of hydrogen-bond donors (Lipinski definition) is 0. The number of allylic oxidation sites excluding steroid dienone is 2. The third-order valence-corrected chi connectivity index (χ3v) is 5.52. The first-order valence-electron chi connectivity index (χ1n) is 8.34. The maximum Gasteiger partial charge on any atom is 0.123 e. The third kappa shape index (κ3) is 5.47. The van der Waals surface area contributed by atoms with E-state index < -0.39 is 0 Å². The second-order valence-corrected chi connectivity index (χ2v) is 7.69. The van der Waals surface area contributed by atoms with Gasteiger partial charge in [0.2, 0.25) is 0 Å². The summed E-state index contributed by atoms with van der Waals surface area (Å²) in [5, 5.41) is 0. The topological polar surface area (TPSA) is 0 Å². The molecule has 4 heteroatoms. The van der Waals surface area contributed by atoms with Crippen molar-refractivity contribution in [3.63, 3.8) is 0 Å². The van der Waals surface area contributed by atoms with E-state index in [1.54, 1.807) is 24.3 Å². The fourth-order valence-electron chi connectivity index (χ4n) is 2.64. The van der Waals surface area contributed by atoms with Crippen molar-refractivity contribution in [1.82, 2.24) is 0 Å². The van der Waals surface area contributed by atoms with E-state index in [0.29, 0.717) is 0 Å². The van der Waals surface area contributed by atoms with Crippen molar-refractivity contribution in [2.75, 3.05) is 0 Å². The minimum absolute atomic E-state index is 0.0370. The lowest BCUT2D eigenvalue weighted by atomic mass is 9.96. The van der Waals surface area contributed by atoms with Crippen LogP contribution in [0.5, 0.6) is 0 Å². The molecule has 0 heterocycles. The normalized spacial score (nSPS) is 13.5. The van der Waals surface area contributed by atoms with E-state index >= 15 is 0 Å². The predicted molar refractivity (Wildman–Crippen MR) is 116 cm³/mol. The summed E-state index contributed by atoms with van der Waals surface area (Å²) in [6, 6.07) is 22.7. The zero-order valence-electron chi connectivity index (χ0n) is 14.2. The van der Waals surface area contributed by atoms with Crippen LogP contribution in [0.15, 0.2) is 91.0 Å². The first kappa shape index (κ1) is 19.7. The van der Waals surface area contributed by atoms with Crippen LogP contribution < -0.4 is 0 Å². The van der Waals surface area contributed by atoms with Crippen molar-refractivity contribution in [3.05, 3.63) is 119 Å². The molecule has 0 nitrogen and oxygen atoms in total. The van der Waals surface area contributed by atoms with Crippen LogP contribution in [-0.2, 0) is 0 Å². The van der Waals surface area contributed by atoms with Crippen molar-refractivity contribution >= 4 is 40.8 Å². The lowest BCUT2D eigenvalue weighted by Gasteiger charge is -2.12. The molecule has 0 radical (unpaired) electrons. The molecule has 0 bridgehead atoms. The Kier molecular flexibility index (Phi) is 6.75. The van der Waals surface area contributed by atoms with Crippen LogP contribution in [-0.4, -0.2) is 0 Å². The van der Waals surface area contributed by atoms with Crippen LogP contribution >= 0.6 is 31.9 Å². The van der Waals surface area contributed by atoms with Gasteiger partial charge < -0.3 is 0 Å². The Balaban J connectivity index is 1.98. The Morgan fingerprint density at radius 2 is 1.04 bits per heavy atom. The Morgan fingerprint density at radius 1 is 0.630 bits per heavy atom. The van der Waals surface area contributed by atoms with Crippen molar-refractivity contribution in [1.29, 1.82) is 0 Å². The highest BCUT2D eigenvalue weighted by Crippen LogP contribution is 2.32. The number of rotatable bonds is 5. The van der Waals surface area contributed by atoms with Crippen molar-refractivity contribution < 1.29 is 8.78 Å². The Labute approximate surface area is 174 Å². The second kappa shape index (κ2) is 9.25. The minimum Gasteiger partial charge on any atom is -0.207 e. The van der Waals surface area contributed by atoms with Crippen LogP contribution in [0.25, 0.3) is 8.96 Å². The Bertz CT molecular complexity index is 882. The molecular weight excluding hydrogens is 474 g/mol. The molecule has 0 fully saturated rings. The van der Waals surface area contributed by atoms with Gasteiger partial charge in [0, 0.05) is 14.9 Å². The summed E-state index contributed by atoms with van der Waals surface area (Å²) >= 11 is 7.22. The van der Waals surface area contributed by atoms with E-state index in [4.69, 9.17) is 0 Å². The zero-order chi connectivity index (χ0) is 19.2. The van der Waals surface area contributed by atoms with Gasteiger partial charge in [0.15, 0.2) is 0 Å². The number of halogens is 4. The summed E-state index contributed by atoms with van der Waals surface area (Å²) in [7, 11) is 0. The van der Waals surface area contributed by atoms with E-state index in [1.165, 1.54) is 24.3 Å². The Morgan fingerprint density at radius 3 is 1.44 bits per heavy atom. The minimum atomic E-state index is -0.266. The quantitative estimate of drug-likeness (QED) is 0.341. The first-order valence-corrected chi connectivity index (χ1v) is 9.93. The molecule has 0 aliphatic heterocycles. The SMILES string of the molecule is Fc1ccc(/C(Br)=C/C(/C=C(/Br)c2ccc(F)cc2)c2ccccc2)cc1. The number of benzene rings is 3. The maximum atomic E-state index is 13.2. The zero-order valence-corrected chi connectivity index (χ0v) is 17.4. The molecule has 0 spiro atoms. The molecule has 0 amide bonds. The molecule has 136 valence electrons. The van der Waals surface area contributed by atoms with Gasteiger partial charge in [-0.05, 0) is 41.0 Å². The fourth-order valence-corrected chi connectivity index (χ4v) is 3.74. The van der Waals surface area contributed by atoms with Crippen LogP contribution in [0, 0.1) is 11.6 Å². The Hall–Kier alpha value is -2.04. The van der Waals surface area contributed by atoms with Crippen LogP contribution in [0.4, 0.5) is 8.78 Å². The van der Waals surface area contributed by atoms with E-state index in [1.807, 2.05) is 30.3 Å². The highest BCUT2D eigenvalue weighted by atomic mass is 79.9. The van der Waals surface area contributed by atoms with E-state index in [9.17, 15) is 8.78 Å².